The number of hydrogen-bond acceptors (Lipinski definition) is 4. The van der Waals surface area contributed by atoms with E-state index in [4.69, 9.17) is 4.74 Å². The Labute approximate surface area is 89.4 Å². The van der Waals surface area contributed by atoms with Crippen LogP contribution in [0.15, 0.2) is 30.3 Å². The molecule has 0 saturated carbocycles. The van der Waals surface area contributed by atoms with Crippen LogP contribution in [0.4, 0.5) is 0 Å². The first-order valence-electron chi connectivity index (χ1n) is 5.16. The highest BCUT2D eigenvalue weighted by Crippen LogP contribution is 2.26. The molecule has 0 spiro atoms. The Hall–Kier alpha value is -1.42. The number of nitrogens with one attached hydrogen (secondary N) is 1. The van der Waals surface area contributed by atoms with Crippen molar-refractivity contribution in [2.45, 2.75) is 18.9 Å². The minimum atomic E-state index is 0.195. The summed E-state index contributed by atoms with van der Waals surface area (Å²) in [6.07, 6.45) is 7.53. The summed E-state index contributed by atoms with van der Waals surface area (Å²) in [7, 11) is 1.94. The molecule has 1 aromatic heterocycles. The number of rotatable bonds is 3. The van der Waals surface area contributed by atoms with Crippen molar-refractivity contribution in [3.05, 3.63) is 35.9 Å². The van der Waals surface area contributed by atoms with Crippen molar-refractivity contribution in [1.82, 2.24) is 15.5 Å². The third kappa shape index (κ3) is 2.33. The van der Waals surface area contributed by atoms with E-state index in [0.29, 0.717) is 0 Å². The second-order valence-electron chi connectivity index (χ2n) is 3.56. The standard InChI is InChI=1S/C11H15N3O/c1-12-11(9-4-5-13-14-7-9)10-3-2-6-15-8-10/h4-5,7-8,11-12H,2-3,6H2,1H3. The smallest absolute Gasteiger partial charge is 0.0876 e. The van der Waals surface area contributed by atoms with Crippen LogP contribution in [0, 0.1) is 0 Å². The van der Waals surface area contributed by atoms with Gasteiger partial charge in [0.15, 0.2) is 0 Å². The Bertz CT molecular complexity index is 337. The third-order valence-corrected chi connectivity index (χ3v) is 2.56. The van der Waals surface area contributed by atoms with Gasteiger partial charge in [0.2, 0.25) is 0 Å². The minimum absolute atomic E-state index is 0.195. The summed E-state index contributed by atoms with van der Waals surface area (Å²) in [5, 5.41) is 10.9. The molecule has 0 aliphatic carbocycles. The molecule has 0 bridgehead atoms. The summed E-state index contributed by atoms with van der Waals surface area (Å²) in [5.74, 6) is 0. The molecule has 0 amide bonds. The molecule has 1 unspecified atom stereocenters. The summed E-state index contributed by atoms with van der Waals surface area (Å²) >= 11 is 0. The van der Waals surface area contributed by atoms with E-state index in [2.05, 4.69) is 15.5 Å². The van der Waals surface area contributed by atoms with Gasteiger partial charge in [0, 0.05) is 6.20 Å². The van der Waals surface area contributed by atoms with E-state index in [1.165, 1.54) is 5.57 Å². The van der Waals surface area contributed by atoms with Crippen molar-refractivity contribution in [3.8, 4) is 0 Å². The highest BCUT2D eigenvalue weighted by atomic mass is 16.5. The first-order valence-corrected chi connectivity index (χ1v) is 5.16. The van der Waals surface area contributed by atoms with Gasteiger partial charge in [0.25, 0.3) is 0 Å². The van der Waals surface area contributed by atoms with Gasteiger partial charge in [-0.3, -0.25) is 0 Å². The molecule has 15 heavy (non-hydrogen) atoms. The predicted octanol–water partition coefficient (Wildman–Crippen LogP) is 1.43. The summed E-state index contributed by atoms with van der Waals surface area (Å²) in [6, 6.07) is 2.17. The van der Waals surface area contributed by atoms with Gasteiger partial charge < -0.3 is 10.1 Å². The summed E-state index contributed by atoms with van der Waals surface area (Å²) in [4.78, 5) is 0. The molecule has 80 valence electrons. The molecule has 1 N–H and O–H groups in total. The van der Waals surface area contributed by atoms with Crippen LogP contribution in [0.2, 0.25) is 0 Å². The summed E-state index contributed by atoms with van der Waals surface area (Å²) in [6.45, 7) is 0.828. The van der Waals surface area contributed by atoms with Crippen molar-refractivity contribution in [2.75, 3.05) is 13.7 Å². The molecule has 1 aliphatic heterocycles. The minimum Gasteiger partial charge on any atom is -0.501 e. The topological polar surface area (TPSA) is 47.0 Å². The fourth-order valence-corrected chi connectivity index (χ4v) is 1.83. The SMILES string of the molecule is CNC(C1=COCCC1)c1ccnnc1. The van der Waals surface area contributed by atoms with Gasteiger partial charge in [-0.15, -0.1) is 0 Å². The molecular formula is C11H15N3O. The molecule has 0 fully saturated rings. The number of likely N-dealkylation sites (N-methyl/N-ethyl adjacent to an activating group) is 1. The van der Waals surface area contributed by atoms with Crippen molar-refractivity contribution >= 4 is 0 Å². The predicted molar refractivity (Wildman–Crippen MR) is 57.1 cm³/mol. The fourth-order valence-electron chi connectivity index (χ4n) is 1.83. The first kappa shape index (κ1) is 10.1. The zero-order chi connectivity index (χ0) is 10.5. The van der Waals surface area contributed by atoms with E-state index in [-0.39, 0.29) is 6.04 Å². The second-order valence-corrected chi connectivity index (χ2v) is 3.56. The second kappa shape index (κ2) is 4.89. The van der Waals surface area contributed by atoms with Crippen LogP contribution in [0.5, 0.6) is 0 Å². The monoisotopic (exact) mass is 205 g/mol. The largest absolute Gasteiger partial charge is 0.501 e. The number of aromatic nitrogens is 2. The van der Waals surface area contributed by atoms with Crippen LogP contribution in [-0.2, 0) is 4.74 Å². The lowest BCUT2D eigenvalue weighted by molar-refractivity contribution is 0.220. The maximum absolute atomic E-state index is 5.35. The van der Waals surface area contributed by atoms with Crippen molar-refractivity contribution < 1.29 is 4.74 Å². The zero-order valence-corrected chi connectivity index (χ0v) is 8.81. The van der Waals surface area contributed by atoms with E-state index in [0.717, 1.165) is 25.0 Å². The van der Waals surface area contributed by atoms with Crippen LogP contribution in [0.1, 0.15) is 24.4 Å². The Morgan fingerprint density at radius 2 is 2.40 bits per heavy atom. The molecule has 1 aliphatic rings. The van der Waals surface area contributed by atoms with Gasteiger partial charge in [-0.2, -0.15) is 10.2 Å². The summed E-state index contributed by atoms with van der Waals surface area (Å²) in [5.41, 5.74) is 2.40. The quantitative estimate of drug-likeness (QED) is 0.811. The van der Waals surface area contributed by atoms with Crippen molar-refractivity contribution in [2.24, 2.45) is 0 Å². The van der Waals surface area contributed by atoms with E-state index in [9.17, 15) is 0 Å². The Morgan fingerprint density at radius 3 is 3.00 bits per heavy atom. The number of hydrogen-bond donors (Lipinski definition) is 1. The van der Waals surface area contributed by atoms with Gasteiger partial charge in [-0.05, 0) is 37.1 Å². The average molecular weight is 205 g/mol. The van der Waals surface area contributed by atoms with Gasteiger partial charge in [-0.25, -0.2) is 0 Å². The fraction of sp³-hybridized carbons (Fsp3) is 0.455. The van der Waals surface area contributed by atoms with E-state index in [1.807, 2.05) is 19.4 Å². The van der Waals surface area contributed by atoms with Crippen molar-refractivity contribution in [1.29, 1.82) is 0 Å². The average Bonchev–Trinajstić information content (AvgIpc) is 2.33. The molecule has 1 aromatic rings. The molecule has 0 saturated heterocycles. The molecule has 4 heteroatoms. The molecule has 1 atom stereocenters. The zero-order valence-electron chi connectivity index (χ0n) is 8.81. The lowest BCUT2D eigenvalue weighted by Gasteiger charge is -2.22. The number of nitrogens with zero attached hydrogens (tertiary/aromatic N) is 2. The maximum atomic E-state index is 5.35. The molecular weight excluding hydrogens is 190 g/mol. The van der Waals surface area contributed by atoms with Crippen LogP contribution < -0.4 is 5.32 Å². The Kier molecular flexibility index (Phi) is 3.29. The molecule has 0 radical (unpaired) electrons. The molecule has 4 nitrogen and oxygen atoms in total. The van der Waals surface area contributed by atoms with Gasteiger partial charge in [0.05, 0.1) is 25.1 Å². The van der Waals surface area contributed by atoms with Crippen LogP contribution >= 0.6 is 0 Å². The van der Waals surface area contributed by atoms with E-state index >= 15 is 0 Å². The van der Waals surface area contributed by atoms with Crippen molar-refractivity contribution in [3.63, 3.8) is 0 Å². The normalized spacial score (nSPS) is 17.8. The highest BCUT2D eigenvalue weighted by Gasteiger charge is 2.17. The molecule has 2 rings (SSSR count). The first-order chi connectivity index (χ1) is 7.42. The highest BCUT2D eigenvalue weighted by molar-refractivity contribution is 5.24. The number of ether oxygens (including phenoxy) is 1. The van der Waals surface area contributed by atoms with Crippen LogP contribution in [0.3, 0.4) is 0 Å². The van der Waals surface area contributed by atoms with E-state index in [1.54, 1.807) is 12.4 Å². The third-order valence-electron chi connectivity index (χ3n) is 2.56. The molecule has 0 aromatic carbocycles. The Balaban J connectivity index is 2.20. The van der Waals surface area contributed by atoms with Gasteiger partial charge in [-0.1, -0.05) is 0 Å². The maximum Gasteiger partial charge on any atom is 0.0876 e. The lowest BCUT2D eigenvalue weighted by Crippen LogP contribution is -2.21. The van der Waals surface area contributed by atoms with E-state index < -0.39 is 0 Å². The van der Waals surface area contributed by atoms with Gasteiger partial charge >= 0.3 is 0 Å². The van der Waals surface area contributed by atoms with Gasteiger partial charge in [0.1, 0.15) is 0 Å². The van der Waals surface area contributed by atoms with Crippen LogP contribution in [-0.4, -0.2) is 23.9 Å². The molecule has 2 heterocycles. The van der Waals surface area contributed by atoms with Crippen LogP contribution in [0.25, 0.3) is 0 Å². The Morgan fingerprint density at radius 1 is 1.47 bits per heavy atom. The summed E-state index contributed by atoms with van der Waals surface area (Å²) < 4.78 is 5.35. The lowest BCUT2D eigenvalue weighted by atomic mass is 9.97.